The highest BCUT2D eigenvalue weighted by molar-refractivity contribution is 5.96. The molecule has 0 saturated carbocycles. The second-order valence-corrected chi connectivity index (χ2v) is 5.64. The molecule has 0 saturated heterocycles. The van der Waals surface area contributed by atoms with Gasteiger partial charge in [0.05, 0.1) is 17.8 Å². The van der Waals surface area contributed by atoms with Crippen molar-refractivity contribution in [3.63, 3.8) is 0 Å². The average molecular weight is 302 g/mol. The molecule has 2 aromatic heterocycles. The maximum Gasteiger partial charge on any atom is 0.119 e. The van der Waals surface area contributed by atoms with Gasteiger partial charge in [-0.25, -0.2) is 4.52 Å². The topological polar surface area (TPSA) is 26.5 Å². The van der Waals surface area contributed by atoms with Crippen molar-refractivity contribution in [1.82, 2.24) is 9.61 Å². The van der Waals surface area contributed by atoms with E-state index in [0.717, 1.165) is 35.6 Å². The van der Waals surface area contributed by atoms with Crippen molar-refractivity contribution in [3.05, 3.63) is 66.9 Å². The van der Waals surface area contributed by atoms with Gasteiger partial charge in [-0.05, 0) is 36.1 Å². The van der Waals surface area contributed by atoms with Gasteiger partial charge in [0.1, 0.15) is 5.75 Å². The van der Waals surface area contributed by atoms with Gasteiger partial charge in [-0.2, -0.15) is 5.10 Å². The van der Waals surface area contributed by atoms with Crippen LogP contribution in [-0.4, -0.2) is 16.2 Å². The Morgan fingerprint density at radius 2 is 1.91 bits per heavy atom. The minimum atomic E-state index is 0.735. The number of rotatable bonds is 4. The van der Waals surface area contributed by atoms with Gasteiger partial charge in [-0.15, -0.1) is 0 Å². The van der Waals surface area contributed by atoms with E-state index in [-0.39, 0.29) is 0 Å². The molecule has 0 spiro atoms. The summed E-state index contributed by atoms with van der Waals surface area (Å²) in [6, 6.07) is 20.8. The van der Waals surface area contributed by atoms with Crippen LogP contribution >= 0.6 is 0 Å². The van der Waals surface area contributed by atoms with Crippen LogP contribution in [0.1, 0.15) is 13.3 Å². The first-order valence-corrected chi connectivity index (χ1v) is 7.95. The summed E-state index contributed by atoms with van der Waals surface area (Å²) >= 11 is 0. The molecule has 0 bridgehead atoms. The molecular formula is C20H18N2O. The molecule has 0 radical (unpaired) electrons. The monoisotopic (exact) mass is 302 g/mol. The lowest BCUT2D eigenvalue weighted by Crippen LogP contribution is -1.94. The van der Waals surface area contributed by atoms with Crippen molar-refractivity contribution in [2.75, 3.05) is 6.61 Å². The summed E-state index contributed by atoms with van der Waals surface area (Å²) in [5.41, 5.74) is 3.16. The number of benzene rings is 2. The first-order chi connectivity index (χ1) is 11.3. The average Bonchev–Trinajstić information content (AvgIpc) is 3.05. The summed E-state index contributed by atoms with van der Waals surface area (Å²) in [6.07, 6.45) is 3.02. The Bertz CT molecular complexity index is 972. The zero-order valence-electron chi connectivity index (χ0n) is 13.1. The number of fused-ring (bicyclic) bond motifs is 3. The predicted molar refractivity (Wildman–Crippen MR) is 93.9 cm³/mol. The Morgan fingerprint density at radius 1 is 1.00 bits per heavy atom. The van der Waals surface area contributed by atoms with Crippen molar-refractivity contribution < 1.29 is 4.74 Å². The Kier molecular flexibility index (Phi) is 3.46. The number of nitrogens with zero attached hydrogens (tertiary/aromatic N) is 2. The van der Waals surface area contributed by atoms with Gasteiger partial charge < -0.3 is 4.74 Å². The normalized spacial score (nSPS) is 11.2. The molecule has 0 aliphatic rings. The molecule has 23 heavy (non-hydrogen) atoms. The number of hydrogen-bond donors (Lipinski definition) is 0. The molecule has 2 aromatic carbocycles. The van der Waals surface area contributed by atoms with E-state index in [2.05, 4.69) is 55.5 Å². The molecule has 4 rings (SSSR count). The molecule has 0 N–H and O–H groups in total. The van der Waals surface area contributed by atoms with E-state index in [1.54, 1.807) is 0 Å². The standard InChI is InChI=1S/C20H18N2O/c1-2-12-23-17-8-5-7-16(13-17)19-14-20-18-9-4-3-6-15(18)10-11-22(20)21-19/h3-11,13-14H,2,12H2,1H3. The number of ether oxygens (including phenoxy) is 1. The van der Waals surface area contributed by atoms with Gasteiger partial charge in [-0.1, -0.05) is 43.3 Å². The zero-order chi connectivity index (χ0) is 15.6. The van der Waals surface area contributed by atoms with E-state index in [1.165, 1.54) is 10.8 Å². The summed E-state index contributed by atoms with van der Waals surface area (Å²) in [5.74, 6) is 0.895. The van der Waals surface area contributed by atoms with E-state index < -0.39 is 0 Å². The van der Waals surface area contributed by atoms with Crippen LogP contribution in [0.5, 0.6) is 5.75 Å². The third-order valence-corrected chi connectivity index (χ3v) is 3.97. The van der Waals surface area contributed by atoms with Crippen molar-refractivity contribution in [1.29, 1.82) is 0 Å². The SMILES string of the molecule is CCCOc1cccc(-c2cc3c4ccccc4ccn3n2)c1. The lowest BCUT2D eigenvalue weighted by Gasteiger charge is -2.05. The van der Waals surface area contributed by atoms with E-state index >= 15 is 0 Å². The highest BCUT2D eigenvalue weighted by atomic mass is 16.5. The Morgan fingerprint density at radius 3 is 2.83 bits per heavy atom. The minimum absolute atomic E-state index is 0.735. The van der Waals surface area contributed by atoms with E-state index in [1.807, 2.05) is 22.8 Å². The summed E-state index contributed by atoms with van der Waals surface area (Å²) in [6.45, 7) is 2.84. The zero-order valence-corrected chi connectivity index (χ0v) is 13.1. The van der Waals surface area contributed by atoms with Crippen LogP contribution in [0, 0.1) is 0 Å². The van der Waals surface area contributed by atoms with Gasteiger partial charge in [-0.3, -0.25) is 0 Å². The maximum atomic E-state index is 5.73. The number of hydrogen-bond acceptors (Lipinski definition) is 2. The molecule has 0 unspecified atom stereocenters. The van der Waals surface area contributed by atoms with Crippen LogP contribution in [-0.2, 0) is 0 Å². The molecule has 2 heterocycles. The predicted octanol–water partition coefficient (Wildman–Crippen LogP) is 4.94. The third-order valence-electron chi connectivity index (χ3n) is 3.97. The van der Waals surface area contributed by atoms with Crippen LogP contribution in [0.4, 0.5) is 0 Å². The van der Waals surface area contributed by atoms with Gasteiger partial charge in [0.15, 0.2) is 0 Å². The second-order valence-electron chi connectivity index (χ2n) is 5.64. The van der Waals surface area contributed by atoms with Crippen LogP contribution in [0.3, 0.4) is 0 Å². The van der Waals surface area contributed by atoms with Gasteiger partial charge >= 0.3 is 0 Å². The van der Waals surface area contributed by atoms with Crippen molar-refractivity contribution in [2.45, 2.75) is 13.3 Å². The minimum Gasteiger partial charge on any atom is -0.494 e. The van der Waals surface area contributed by atoms with Crippen LogP contribution in [0.25, 0.3) is 27.5 Å². The fourth-order valence-corrected chi connectivity index (χ4v) is 2.84. The smallest absolute Gasteiger partial charge is 0.119 e. The van der Waals surface area contributed by atoms with E-state index in [9.17, 15) is 0 Å². The summed E-state index contributed by atoms with van der Waals surface area (Å²) in [7, 11) is 0. The van der Waals surface area contributed by atoms with Gasteiger partial charge in [0, 0.05) is 17.1 Å². The number of aromatic nitrogens is 2. The van der Waals surface area contributed by atoms with Crippen molar-refractivity contribution >= 4 is 16.3 Å². The first-order valence-electron chi connectivity index (χ1n) is 7.95. The first kappa shape index (κ1) is 13.8. The largest absolute Gasteiger partial charge is 0.494 e. The Balaban J connectivity index is 1.81. The molecular weight excluding hydrogens is 284 g/mol. The molecule has 3 nitrogen and oxygen atoms in total. The lowest BCUT2D eigenvalue weighted by atomic mass is 10.1. The van der Waals surface area contributed by atoms with Gasteiger partial charge in [0.25, 0.3) is 0 Å². The van der Waals surface area contributed by atoms with E-state index in [0.29, 0.717) is 0 Å². The van der Waals surface area contributed by atoms with Crippen LogP contribution < -0.4 is 4.74 Å². The van der Waals surface area contributed by atoms with Gasteiger partial charge in [0.2, 0.25) is 0 Å². The fraction of sp³-hybridized carbons (Fsp3) is 0.150. The highest BCUT2D eigenvalue weighted by Crippen LogP contribution is 2.27. The molecule has 0 aliphatic heterocycles. The van der Waals surface area contributed by atoms with E-state index in [4.69, 9.17) is 9.84 Å². The highest BCUT2D eigenvalue weighted by Gasteiger charge is 2.08. The van der Waals surface area contributed by atoms with Crippen LogP contribution in [0.15, 0.2) is 66.9 Å². The molecule has 3 heteroatoms. The summed E-state index contributed by atoms with van der Waals surface area (Å²) in [5, 5.41) is 7.16. The Hall–Kier alpha value is -2.81. The molecule has 0 atom stereocenters. The fourth-order valence-electron chi connectivity index (χ4n) is 2.84. The maximum absolute atomic E-state index is 5.73. The second kappa shape index (κ2) is 5.76. The number of pyridine rings is 1. The van der Waals surface area contributed by atoms with Crippen molar-refractivity contribution in [2.24, 2.45) is 0 Å². The molecule has 0 fully saturated rings. The summed E-state index contributed by atoms with van der Waals surface area (Å²) < 4.78 is 7.67. The molecule has 4 aromatic rings. The van der Waals surface area contributed by atoms with Crippen LogP contribution in [0.2, 0.25) is 0 Å². The van der Waals surface area contributed by atoms with Crippen molar-refractivity contribution in [3.8, 4) is 17.0 Å². The summed E-state index contributed by atoms with van der Waals surface area (Å²) in [4.78, 5) is 0. The Labute approximate surface area is 135 Å². The quantitative estimate of drug-likeness (QED) is 0.533. The molecule has 114 valence electrons. The molecule has 0 amide bonds. The third kappa shape index (κ3) is 2.55. The molecule has 0 aliphatic carbocycles. The lowest BCUT2D eigenvalue weighted by molar-refractivity contribution is 0.317.